The van der Waals surface area contributed by atoms with E-state index in [1.165, 1.54) is 5.01 Å². The third kappa shape index (κ3) is 4.81. The fourth-order valence-corrected chi connectivity index (χ4v) is 2.97. The second-order valence-corrected chi connectivity index (χ2v) is 5.92. The van der Waals surface area contributed by atoms with E-state index in [9.17, 15) is 9.59 Å². The lowest BCUT2D eigenvalue weighted by Gasteiger charge is -2.23. The first-order chi connectivity index (χ1) is 10.1. The first-order valence-corrected chi connectivity index (χ1v) is 7.75. The smallest absolute Gasteiger partial charge is 0.306 e. The van der Waals surface area contributed by atoms with E-state index >= 15 is 0 Å². The zero-order chi connectivity index (χ0) is 15.2. The van der Waals surface area contributed by atoms with Gasteiger partial charge in [0.25, 0.3) is 0 Å². The summed E-state index contributed by atoms with van der Waals surface area (Å²) in [6.45, 7) is 2.85. The van der Waals surface area contributed by atoms with Crippen molar-refractivity contribution >= 4 is 17.6 Å². The van der Waals surface area contributed by atoms with Crippen molar-refractivity contribution < 1.29 is 19.4 Å². The zero-order valence-corrected chi connectivity index (χ0v) is 12.6. The van der Waals surface area contributed by atoms with Gasteiger partial charge < -0.3 is 9.84 Å². The molecule has 118 valence electrons. The van der Waals surface area contributed by atoms with Gasteiger partial charge in [0, 0.05) is 5.71 Å². The number of carbonyl (C=O) groups is 2. The number of aliphatic carboxylic acids is 1. The van der Waals surface area contributed by atoms with E-state index in [-0.39, 0.29) is 17.9 Å². The Balaban J connectivity index is 1.67. The Hall–Kier alpha value is -1.43. The zero-order valence-electron chi connectivity index (χ0n) is 12.6. The Morgan fingerprint density at radius 3 is 2.52 bits per heavy atom. The number of hydrazone groups is 1. The number of carboxylic acid groups (broad SMARTS) is 1. The molecule has 1 fully saturated rings. The van der Waals surface area contributed by atoms with E-state index in [1.54, 1.807) is 0 Å². The second kappa shape index (κ2) is 7.54. The molecule has 1 aliphatic heterocycles. The molecule has 21 heavy (non-hydrogen) atoms. The molecule has 2 aliphatic rings. The highest BCUT2D eigenvalue weighted by molar-refractivity contribution is 6.03. The molecule has 2 rings (SSSR count). The van der Waals surface area contributed by atoms with E-state index < -0.39 is 5.97 Å². The van der Waals surface area contributed by atoms with Gasteiger partial charge in [-0.05, 0) is 32.6 Å². The van der Waals surface area contributed by atoms with Crippen molar-refractivity contribution in [3.63, 3.8) is 0 Å². The van der Waals surface area contributed by atoms with Crippen LogP contribution in [0.2, 0.25) is 0 Å². The first-order valence-electron chi connectivity index (χ1n) is 7.75. The Morgan fingerprint density at radius 1 is 1.33 bits per heavy atom. The number of hydrogen-bond donors (Lipinski definition) is 1. The van der Waals surface area contributed by atoms with Crippen molar-refractivity contribution in [2.75, 3.05) is 13.2 Å². The van der Waals surface area contributed by atoms with Crippen molar-refractivity contribution in [2.45, 2.75) is 58.0 Å². The summed E-state index contributed by atoms with van der Waals surface area (Å²) in [7, 11) is 0. The number of carbonyl (C=O) groups excluding carboxylic acids is 1. The summed E-state index contributed by atoms with van der Waals surface area (Å²) in [5.41, 5.74) is 0.852. The molecule has 0 spiro atoms. The van der Waals surface area contributed by atoms with E-state index in [2.05, 4.69) is 5.10 Å². The van der Waals surface area contributed by atoms with Crippen molar-refractivity contribution in [1.82, 2.24) is 5.01 Å². The molecular formula is C15H24N2O4. The first kappa shape index (κ1) is 15.9. The Bertz CT molecular complexity index is 412. The van der Waals surface area contributed by atoms with Crippen molar-refractivity contribution in [3.8, 4) is 0 Å². The Morgan fingerprint density at radius 2 is 2.00 bits per heavy atom. The molecule has 6 nitrogen and oxygen atoms in total. The van der Waals surface area contributed by atoms with Crippen LogP contribution in [-0.2, 0) is 14.3 Å². The van der Waals surface area contributed by atoms with Crippen molar-refractivity contribution in [3.05, 3.63) is 0 Å². The molecule has 0 radical (unpaired) electrons. The number of amides is 1. The predicted molar refractivity (Wildman–Crippen MR) is 78.0 cm³/mol. The van der Waals surface area contributed by atoms with Crippen LogP contribution < -0.4 is 0 Å². The van der Waals surface area contributed by atoms with Gasteiger partial charge in [0.1, 0.15) is 0 Å². The molecule has 1 amide bonds. The lowest BCUT2D eigenvalue weighted by atomic mass is 9.90. The topological polar surface area (TPSA) is 79.2 Å². The number of ether oxygens (including phenoxy) is 1. The van der Waals surface area contributed by atoms with Gasteiger partial charge in [0.2, 0.25) is 5.91 Å². The molecule has 1 saturated carbocycles. The molecule has 0 aromatic rings. The second-order valence-electron chi connectivity index (χ2n) is 5.92. The molecule has 1 heterocycles. The summed E-state index contributed by atoms with van der Waals surface area (Å²) >= 11 is 0. The van der Waals surface area contributed by atoms with Crippen LogP contribution in [0.3, 0.4) is 0 Å². The third-order valence-corrected chi connectivity index (χ3v) is 4.15. The average molecular weight is 296 g/mol. The van der Waals surface area contributed by atoms with Gasteiger partial charge in [-0.3, -0.25) is 9.59 Å². The molecule has 1 N–H and O–H groups in total. The highest BCUT2D eigenvalue weighted by atomic mass is 16.5. The summed E-state index contributed by atoms with van der Waals surface area (Å²) in [6, 6.07) is 0. The van der Waals surface area contributed by atoms with Crippen LogP contribution in [0.25, 0.3) is 0 Å². The molecule has 0 atom stereocenters. The predicted octanol–water partition coefficient (Wildman–Crippen LogP) is 2.03. The molecule has 6 heteroatoms. The molecule has 0 aromatic heterocycles. The van der Waals surface area contributed by atoms with Crippen LogP contribution in [0.4, 0.5) is 0 Å². The largest absolute Gasteiger partial charge is 0.481 e. The van der Waals surface area contributed by atoms with E-state index in [4.69, 9.17) is 9.84 Å². The van der Waals surface area contributed by atoms with Crippen LogP contribution in [0.15, 0.2) is 5.10 Å². The summed E-state index contributed by atoms with van der Waals surface area (Å²) in [4.78, 5) is 22.6. The quantitative estimate of drug-likeness (QED) is 0.842. The monoisotopic (exact) mass is 296 g/mol. The van der Waals surface area contributed by atoms with Crippen LogP contribution in [0, 0.1) is 5.92 Å². The maximum Gasteiger partial charge on any atom is 0.306 e. The minimum atomic E-state index is -0.671. The summed E-state index contributed by atoms with van der Waals surface area (Å²) in [5.74, 6) is -0.821. The molecule has 0 saturated heterocycles. The molecule has 0 bridgehead atoms. The fourth-order valence-electron chi connectivity index (χ4n) is 2.97. The summed E-state index contributed by atoms with van der Waals surface area (Å²) in [6.07, 6.45) is 5.66. The van der Waals surface area contributed by atoms with Gasteiger partial charge in [0.15, 0.2) is 0 Å². The maximum absolute atomic E-state index is 11.6. The average Bonchev–Trinajstić information content (AvgIpc) is 2.70. The van der Waals surface area contributed by atoms with Gasteiger partial charge >= 0.3 is 5.97 Å². The van der Waals surface area contributed by atoms with E-state index in [1.807, 2.05) is 6.92 Å². The van der Waals surface area contributed by atoms with Crippen LogP contribution >= 0.6 is 0 Å². The SMILES string of the molecule is CC1=NN(CCOC2CCCC(C(=O)O)CCC2)C(=O)C1. The standard InChI is InChI=1S/C15H24N2O4/c1-11-10-14(18)17(16-11)8-9-21-13-6-2-4-12(15(19)20)5-3-7-13/h12-13H,2-10H2,1H3,(H,19,20). The van der Waals surface area contributed by atoms with Gasteiger partial charge in [0.05, 0.1) is 31.6 Å². The van der Waals surface area contributed by atoms with Crippen molar-refractivity contribution in [2.24, 2.45) is 11.0 Å². The van der Waals surface area contributed by atoms with Crippen molar-refractivity contribution in [1.29, 1.82) is 0 Å². The highest BCUT2D eigenvalue weighted by Crippen LogP contribution is 2.24. The number of hydrogen-bond acceptors (Lipinski definition) is 4. The molecule has 1 aliphatic carbocycles. The molecular weight excluding hydrogens is 272 g/mol. The van der Waals surface area contributed by atoms with Gasteiger partial charge in [-0.15, -0.1) is 0 Å². The number of carboxylic acids is 1. The minimum absolute atomic E-state index is 0.0399. The summed E-state index contributed by atoms with van der Waals surface area (Å²) < 4.78 is 5.85. The number of nitrogens with zero attached hydrogens (tertiary/aromatic N) is 2. The minimum Gasteiger partial charge on any atom is -0.481 e. The molecule has 0 unspecified atom stereocenters. The fraction of sp³-hybridized carbons (Fsp3) is 0.800. The van der Waals surface area contributed by atoms with E-state index in [0.717, 1.165) is 44.2 Å². The summed E-state index contributed by atoms with van der Waals surface area (Å²) in [5, 5.41) is 14.7. The number of rotatable bonds is 5. The Kier molecular flexibility index (Phi) is 5.73. The lowest BCUT2D eigenvalue weighted by Crippen LogP contribution is -2.28. The third-order valence-electron chi connectivity index (χ3n) is 4.15. The van der Waals surface area contributed by atoms with Gasteiger partial charge in [-0.1, -0.05) is 12.8 Å². The van der Waals surface area contributed by atoms with Crippen LogP contribution in [-0.4, -0.2) is 47.0 Å². The maximum atomic E-state index is 11.6. The normalized spacial score (nSPS) is 27.2. The van der Waals surface area contributed by atoms with Gasteiger partial charge in [-0.2, -0.15) is 5.10 Å². The van der Waals surface area contributed by atoms with Crippen LogP contribution in [0.5, 0.6) is 0 Å². The highest BCUT2D eigenvalue weighted by Gasteiger charge is 2.23. The van der Waals surface area contributed by atoms with Gasteiger partial charge in [-0.25, -0.2) is 5.01 Å². The Labute approximate surface area is 125 Å². The molecule has 0 aromatic carbocycles. The van der Waals surface area contributed by atoms with Crippen LogP contribution in [0.1, 0.15) is 51.9 Å². The lowest BCUT2D eigenvalue weighted by molar-refractivity contribution is -0.142. The van der Waals surface area contributed by atoms with E-state index in [0.29, 0.717) is 19.6 Å².